The fraction of sp³-hybridized carbons (Fsp3) is 1.00. The molecule has 0 aromatic carbocycles. The Labute approximate surface area is 108 Å². The quantitative estimate of drug-likeness (QED) is 0.656. The summed E-state index contributed by atoms with van der Waals surface area (Å²) in [7, 11) is 2.32. The molecule has 2 aliphatic rings. The van der Waals surface area contributed by atoms with Crippen molar-refractivity contribution in [3.8, 4) is 0 Å². The van der Waals surface area contributed by atoms with E-state index in [-0.39, 0.29) is 0 Å². The minimum Gasteiger partial charge on any atom is -0.296 e. The Hall–Kier alpha value is -0.0400. The molecule has 0 bridgehead atoms. The highest BCUT2D eigenvalue weighted by atomic mass is 15.3. The van der Waals surface area contributed by atoms with E-state index < -0.39 is 0 Å². The van der Waals surface area contributed by atoms with Gasteiger partial charge in [0.05, 0.1) is 0 Å². The van der Waals surface area contributed by atoms with Crippen molar-refractivity contribution >= 4 is 0 Å². The van der Waals surface area contributed by atoms with Crippen LogP contribution in [0.2, 0.25) is 0 Å². The van der Waals surface area contributed by atoms with E-state index >= 15 is 0 Å². The molecular weight excluding hydrogens is 206 g/mol. The van der Waals surface area contributed by atoms with Crippen molar-refractivity contribution in [2.75, 3.05) is 7.05 Å². The largest absolute Gasteiger partial charge is 0.296 e. The van der Waals surface area contributed by atoms with E-state index in [9.17, 15) is 0 Å². The van der Waals surface area contributed by atoms with Crippen LogP contribution in [0.25, 0.3) is 0 Å². The zero-order valence-corrected chi connectivity index (χ0v) is 12.7. The number of nitrogens with zero attached hydrogens (tertiary/aromatic N) is 1. The topological polar surface area (TPSA) is 3.24 Å². The van der Waals surface area contributed by atoms with Crippen molar-refractivity contribution in [3.05, 3.63) is 0 Å². The van der Waals surface area contributed by atoms with Crippen LogP contribution in [0.1, 0.15) is 66.7 Å². The molecule has 0 radical (unpaired) electrons. The molecule has 100 valence electrons. The van der Waals surface area contributed by atoms with Crippen LogP contribution in [-0.4, -0.2) is 23.0 Å². The van der Waals surface area contributed by atoms with Gasteiger partial charge in [-0.05, 0) is 71.8 Å². The minimum atomic E-state index is 0.384. The van der Waals surface area contributed by atoms with Gasteiger partial charge >= 0.3 is 0 Å². The average molecular weight is 237 g/mol. The second-order valence-electron chi connectivity index (χ2n) is 7.86. The highest BCUT2D eigenvalue weighted by Gasteiger charge is 2.51. The third-order valence-corrected chi connectivity index (χ3v) is 6.03. The second kappa shape index (κ2) is 4.26. The lowest BCUT2D eigenvalue weighted by Crippen LogP contribution is -2.48. The van der Waals surface area contributed by atoms with Gasteiger partial charge in [-0.3, -0.25) is 4.90 Å². The first-order valence-corrected chi connectivity index (χ1v) is 7.49. The first-order valence-electron chi connectivity index (χ1n) is 7.49. The maximum atomic E-state index is 2.63. The van der Waals surface area contributed by atoms with Gasteiger partial charge in [-0.1, -0.05) is 19.8 Å². The van der Waals surface area contributed by atoms with E-state index in [1.165, 1.54) is 32.1 Å². The molecule has 1 unspecified atom stereocenters. The van der Waals surface area contributed by atoms with Gasteiger partial charge in [-0.15, -0.1) is 0 Å². The molecular formula is C16H31N. The molecule has 1 atom stereocenters. The molecule has 0 aromatic rings. The summed E-state index contributed by atoms with van der Waals surface area (Å²) in [5.41, 5.74) is 0.770. The zero-order chi connectivity index (χ0) is 12.8. The summed E-state index contributed by atoms with van der Waals surface area (Å²) in [5, 5.41) is 0. The number of rotatable bonds is 1. The van der Waals surface area contributed by atoms with Gasteiger partial charge in [0.25, 0.3) is 0 Å². The molecule has 2 rings (SSSR count). The van der Waals surface area contributed by atoms with Crippen LogP contribution in [0.3, 0.4) is 0 Å². The molecule has 1 heteroatoms. The maximum absolute atomic E-state index is 2.63. The normalized spacial score (nSPS) is 41.6. The summed E-state index contributed by atoms with van der Waals surface area (Å²) in [5.74, 6) is 2.85. The first-order chi connectivity index (χ1) is 7.75. The smallest absolute Gasteiger partial charge is 0.0186 e. The van der Waals surface area contributed by atoms with Crippen LogP contribution in [0, 0.1) is 17.8 Å². The molecule has 1 saturated carbocycles. The van der Waals surface area contributed by atoms with Crippen molar-refractivity contribution in [1.29, 1.82) is 0 Å². The molecule has 2 fully saturated rings. The zero-order valence-electron chi connectivity index (χ0n) is 12.7. The predicted octanol–water partition coefficient (Wildman–Crippen LogP) is 4.32. The van der Waals surface area contributed by atoms with Crippen LogP contribution in [0.5, 0.6) is 0 Å². The fourth-order valence-electron chi connectivity index (χ4n) is 4.39. The van der Waals surface area contributed by atoms with Crippen LogP contribution < -0.4 is 0 Å². The van der Waals surface area contributed by atoms with Crippen molar-refractivity contribution in [3.63, 3.8) is 0 Å². The highest BCUT2D eigenvalue weighted by molar-refractivity contribution is 5.06. The molecule has 0 spiro atoms. The van der Waals surface area contributed by atoms with Crippen LogP contribution >= 0.6 is 0 Å². The van der Waals surface area contributed by atoms with Gasteiger partial charge in [0.1, 0.15) is 0 Å². The summed E-state index contributed by atoms with van der Waals surface area (Å²) in [6.45, 7) is 12.2. The summed E-state index contributed by atoms with van der Waals surface area (Å²) in [6.07, 6.45) is 7.25. The van der Waals surface area contributed by atoms with Gasteiger partial charge in [-0.25, -0.2) is 0 Å². The van der Waals surface area contributed by atoms with Gasteiger partial charge < -0.3 is 0 Å². The number of hydrogen-bond acceptors (Lipinski definition) is 1. The van der Waals surface area contributed by atoms with Gasteiger partial charge in [-0.2, -0.15) is 0 Å². The second-order valence-corrected chi connectivity index (χ2v) is 7.86. The Morgan fingerprint density at radius 1 is 0.941 bits per heavy atom. The minimum absolute atomic E-state index is 0.384. The number of likely N-dealkylation sites (tertiary alicyclic amines) is 1. The highest BCUT2D eigenvalue weighted by Crippen LogP contribution is 2.50. The van der Waals surface area contributed by atoms with Gasteiger partial charge in [0, 0.05) is 11.1 Å². The molecule has 1 saturated heterocycles. The van der Waals surface area contributed by atoms with E-state index in [1.807, 2.05) is 0 Å². The fourth-order valence-corrected chi connectivity index (χ4v) is 4.39. The Balaban J connectivity index is 2.11. The van der Waals surface area contributed by atoms with Crippen molar-refractivity contribution in [2.24, 2.45) is 17.8 Å². The molecule has 0 N–H and O–H groups in total. The predicted molar refractivity (Wildman–Crippen MR) is 75.2 cm³/mol. The Morgan fingerprint density at radius 2 is 1.47 bits per heavy atom. The maximum Gasteiger partial charge on any atom is 0.0186 e. The summed E-state index contributed by atoms with van der Waals surface area (Å²) < 4.78 is 0. The lowest BCUT2D eigenvalue weighted by Gasteiger charge is -2.42. The molecule has 17 heavy (non-hydrogen) atoms. The molecule has 0 amide bonds. The molecule has 1 aliphatic heterocycles. The van der Waals surface area contributed by atoms with E-state index in [0.717, 1.165) is 17.8 Å². The van der Waals surface area contributed by atoms with Crippen molar-refractivity contribution in [1.82, 2.24) is 4.90 Å². The van der Waals surface area contributed by atoms with E-state index in [2.05, 4.69) is 46.6 Å². The standard InChI is InChI=1S/C16H31N/c1-12-7-9-13(10-8-12)14-11-15(2,3)17(6)16(14,4)5/h12-14H,7-11H2,1-6H3. The SMILES string of the molecule is CC1CCC(C2CC(C)(C)N(C)C2(C)C)CC1. The van der Waals surface area contributed by atoms with Crippen LogP contribution in [-0.2, 0) is 0 Å². The summed E-state index contributed by atoms with van der Waals surface area (Å²) in [4.78, 5) is 2.63. The van der Waals surface area contributed by atoms with Crippen molar-refractivity contribution < 1.29 is 0 Å². The Kier molecular flexibility index (Phi) is 3.36. The third kappa shape index (κ3) is 2.28. The third-order valence-electron chi connectivity index (χ3n) is 6.03. The monoisotopic (exact) mass is 237 g/mol. The molecule has 1 heterocycles. The summed E-state index contributed by atoms with van der Waals surface area (Å²) in [6, 6.07) is 0. The van der Waals surface area contributed by atoms with Crippen LogP contribution in [0.15, 0.2) is 0 Å². The van der Waals surface area contributed by atoms with Gasteiger partial charge in [0.15, 0.2) is 0 Å². The van der Waals surface area contributed by atoms with E-state index in [0.29, 0.717) is 11.1 Å². The molecule has 1 aliphatic carbocycles. The molecule has 1 nitrogen and oxygen atoms in total. The van der Waals surface area contributed by atoms with Gasteiger partial charge in [0.2, 0.25) is 0 Å². The van der Waals surface area contributed by atoms with E-state index in [4.69, 9.17) is 0 Å². The van der Waals surface area contributed by atoms with Crippen molar-refractivity contribution in [2.45, 2.75) is 77.8 Å². The average Bonchev–Trinajstić information content (AvgIpc) is 2.40. The Morgan fingerprint density at radius 3 is 1.88 bits per heavy atom. The van der Waals surface area contributed by atoms with Crippen LogP contribution in [0.4, 0.5) is 0 Å². The number of hydrogen-bond donors (Lipinski definition) is 0. The lowest BCUT2D eigenvalue weighted by molar-refractivity contribution is 0.0742. The molecule has 0 aromatic heterocycles. The van der Waals surface area contributed by atoms with E-state index in [1.54, 1.807) is 0 Å². The summed E-state index contributed by atoms with van der Waals surface area (Å²) >= 11 is 0. The first kappa shape index (κ1) is 13.4. The Bertz CT molecular complexity index is 271. The lowest BCUT2D eigenvalue weighted by atomic mass is 9.69.